The number of imidazole rings is 1. The first-order chi connectivity index (χ1) is 9.61. The fourth-order valence-electron chi connectivity index (χ4n) is 1.93. The molecule has 2 aromatic heterocycles. The minimum Gasteiger partial charge on any atom is -0.479 e. The molecule has 3 rings (SSSR count). The lowest BCUT2D eigenvalue weighted by molar-refractivity contribution is 0.401. The fraction of sp³-hybridized carbons (Fsp3) is 0.0833. The van der Waals surface area contributed by atoms with Crippen LogP contribution >= 0.6 is 39.7 Å². The molecule has 20 heavy (non-hydrogen) atoms. The highest BCUT2D eigenvalue weighted by atomic mass is 79.9. The van der Waals surface area contributed by atoms with Crippen molar-refractivity contribution in [3.05, 3.63) is 38.8 Å². The van der Waals surface area contributed by atoms with Gasteiger partial charge >= 0.3 is 0 Å². The number of aromatic nitrogens is 4. The molecule has 0 bridgehead atoms. The van der Waals surface area contributed by atoms with Gasteiger partial charge in [-0.15, -0.1) is 0 Å². The Labute approximate surface area is 132 Å². The zero-order valence-electron chi connectivity index (χ0n) is 10.2. The Bertz CT molecular complexity index is 860. The molecule has 0 saturated heterocycles. The van der Waals surface area contributed by atoms with Crippen molar-refractivity contribution in [3.8, 4) is 11.6 Å². The van der Waals surface area contributed by atoms with Crippen LogP contribution in [-0.4, -0.2) is 26.6 Å². The first-order valence-corrected chi connectivity index (χ1v) is 7.15. The molecule has 0 aliphatic heterocycles. The van der Waals surface area contributed by atoms with Crippen molar-refractivity contribution >= 4 is 50.9 Å². The maximum Gasteiger partial charge on any atom is 0.242 e. The molecule has 1 N–H and O–H groups in total. The molecule has 8 heteroatoms. The summed E-state index contributed by atoms with van der Waals surface area (Å²) in [5, 5.41) is 0.612. The number of aromatic amines is 1. The van der Waals surface area contributed by atoms with E-state index in [2.05, 4.69) is 30.9 Å². The molecule has 2 heterocycles. The van der Waals surface area contributed by atoms with E-state index in [0.717, 1.165) is 10.2 Å². The summed E-state index contributed by atoms with van der Waals surface area (Å²) in [6, 6.07) is 5.46. The van der Waals surface area contributed by atoms with Crippen molar-refractivity contribution in [3.63, 3.8) is 0 Å². The summed E-state index contributed by atoms with van der Waals surface area (Å²) < 4.78 is 8.33. The molecular formula is C12H8BrClN4OS. The third-order valence-corrected chi connectivity index (χ3v) is 3.97. The van der Waals surface area contributed by atoms with Gasteiger partial charge in [0.2, 0.25) is 5.88 Å². The lowest BCUT2D eigenvalue weighted by Gasteiger charge is -2.07. The number of methoxy groups -OCH3 is 1. The number of nitrogens with zero attached hydrogens (tertiary/aromatic N) is 3. The third kappa shape index (κ3) is 2.11. The van der Waals surface area contributed by atoms with Crippen LogP contribution in [0.15, 0.2) is 29.0 Å². The number of nitrogens with one attached hydrogen (secondary N) is 1. The summed E-state index contributed by atoms with van der Waals surface area (Å²) in [4.78, 5) is 11.4. The Morgan fingerprint density at radius 1 is 1.40 bits per heavy atom. The van der Waals surface area contributed by atoms with Gasteiger partial charge in [-0.05, 0) is 46.3 Å². The van der Waals surface area contributed by atoms with Crippen molar-refractivity contribution < 1.29 is 4.74 Å². The lowest BCUT2D eigenvalue weighted by Crippen LogP contribution is -1.98. The van der Waals surface area contributed by atoms with E-state index in [1.165, 1.54) is 6.33 Å². The van der Waals surface area contributed by atoms with Gasteiger partial charge in [-0.2, -0.15) is 4.98 Å². The van der Waals surface area contributed by atoms with Crippen LogP contribution in [0, 0.1) is 4.77 Å². The molecule has 0 aliphatic carbocycles. The van der Waals surface area contributed by atoms with Crippen molar-refractivity contribution in [1.82, 2.24) is 19.5 Å². The number of ether oxygens (including phenoxy) is 1. The number of rotatable bonds is 2. The van der Waals surface area contributed by atoms with Crippen LogP contribution in [-0.2, 0) is 0 Å². The Morgan fingerprint density at radius 2 is 2.20 bits per heavy atom. The van der Waals surface area contributed by atoms with E-state index < -0.39 is 0 Å². The normalized spacial score (nSPS) is 10.9. The SMILES string of the molecule is COc1ncnc2c1[nH]c(=S)n2-c1cc(Cl)ccc1Br. The van der Waals surface area contributed by atoms with Crippen LogP contribution in [0.25, 0.3) is 16.9 Å². The number of fused-ring (bicyclic) bond motifs is 1. The molecule has 0 aliphatic rings. The molecule has 0 saturated carbocycles. The molecular weight excluding hydrogens is 364 g/mol. The maximum absolute atomic E-state index is 6.06. The zero-order chi connectivity index (χ0) is 14.3. The highest BCUT2D eigenvalue weighted by Crippen LogP contribution is 2.29. The van der Waals surface area contributed by atoms with Crippen LogP contribution in [0.1, 0.15) is 0 Å². The first kappa shape index (κ1) is 13.5. The van der Waals surface area contributed by atoms with E-state index in [9.17, 15) is 0 Å². The molecule has 3 aromatic rings. The van der Waals surface area contributed by atoms with Gasteiger partial charge in [0.05, 0.1) is 12.8 Å². The smallest absolute Gasteiger partial charge is 0.242 e. The van der Waals surface area contributed by atoms with Crippen LogP contribution in [0.3, 0.4) is 0 Å². The van der Waals surface area contributed by atoms with E-state index in [1.807, 2.05) is 12.1 Å². The van der Waals surface area contributed by atoms with Gasteiger partial charge in [-0.25, -0.2) is 4.98 Å². The number of halogens is 2. The summed E-state index contributed by atoms with van der Waals surface area (Å²) >= 11 is 14.9. The second-order valence-electron chi connectivity index (χ2n) is 3.94. The molecule has 0 radical (unpaired) electrons. The van der Waals surface area contributed by atoms with E-state index in [-0.39, 0.29) is 0 Å². The standard InChI is InChI=1S/C12H8BrClN4OS/c1-19-11-9-10(15-5-16-11)18(12(20)17-9)8-4-6(14)2-3-7(8)13/h2-5H,1H3,(H,17,20). The predicted octanol–water partition coefficient (Wildman–Crippen LogP) is 3.90. The number of H-pyrrole nitrogens is 1. The Kier molecular flexibility index (Phi) is 3.49. The minimum absolute atomic E-state index is 0.443. The van der Waals surface area contributed by atoms with E-state index >= 15 is 0 Å². The highest BCUT2D eigenvalue weighted by molar-refractivity contribution is 9.10. The van der Waals surface area contributed by atoms with Gasteiger partial charge in [0.1, 0.15) is 11.8 Å². The Balaban J connectivity index is 2.40. The van der Waals surface area contributed by atoms with Gasteiger partial charge < -0.3 is 9.72 Å². The third-order valence-electron chi connectivity index (χ3n) is 2.78. The molecule has 0 amide bonds. The second-order valence-corrected chi connectivity index (χ2v) is 5.62. The van der Waals surface area contributed by atoms with Gasteiger partial charge in [0.25, 0.3) is 0 Å². The molecule has 0 spiro atoms. The lowest BCUT2D eigenvalue weighted by atomic mass is 10.3. The highest BCUT2D eigenvalue weighted by Gasteiger charge is 2.14. The zero-order valence-corrected chi connectivity index (χ0v) is 13.4. The second kappa shape index (κ2) is 5.16. The molecule has 1 aromatic carbocycles. The van der Waals surface area contributed by atoms with Crippen LogP contribution in [0.5, 0.6) is 5.88 Å². The number of hydrogen-bond donors (Lipinski definition) is 1. The fourth-order valence-corrected chi connectivity index (χ4v) is 2.81. The predicted molar refractivity (Wildman–Crippen MR) is 83.3 cm³/mol. The average molecular weight is 372 g/mol. The van der Waals surface area contributed by atoms with Crippen LogP contribution < -0.4 is 4.74 Å². The van der Waals surface area contributed by atoms with Crippen molar-refractivity contribution in [2.45, 2.75) is 0 Å². The Morgan fingerprint density at radius 3 is 2.95 bits per heavy atom. The van der Waals surface area contributed by atoms with Gasteiger partial charge in [-0.3, -0.25) is 4.57 Å². The molecule has 5 nitrogen and oxygen atoms in total. The molecule has 0 atom stereocenters. The monoisotopic (exact) mass is 370 g/mol. The summed E-state index contributed by atoms with van der Waals surface area (Å²) in [5.74, 6) is 0.443. The van der Waals surface area contributed by atoms with E-state index in [1.54, 1.807) is 17.7 Å². The molecule has 0 unspecified atom stereocenters. The van der Waals surface area contributed by atoms with Crippen molar-refractivity contribution in [2.75, 3.05) is 7.11 Å². The van der Waals surface area contributed by atoms with Crippen LogP contribution in [0.4, 0.5) is 0 Å². The largest absolute Gasteiger partial charge is 0.479 e. The number of hydrogen-bond acceptors (Lipinski definition) is 4. The summed E-state index contributed by atoms with van der Waals surface area (Å²) in [6.45, 7) is 0. The molecule has 0 fully saturated rings. The van der Waals surface area contributed by atoms with Crippen LogP contribution in [0.2, 0.25) is 5.02 Å². The van der Waals surface area contributed by atoms with Gasteiger partial charge in [0.15, 0.2) is 10.4 Å². The van der Waals surface area contributed by atoms with E-state index in [0.29, 0.717) is 26.8 Å². The quantitative estimate of drug-likeness (QED) is 0.694. The maximum atomic E-state index is 6.06. The summed E-state index contributed by atoms with van der Waals surface area (Å²) in [6.07, 6.45) is 1.43. The van der Waals surface area contributed by atoms with Crippen molar-refractivity contribution in [1.29, 1.82) is 0 Å². The van der Waals surface area contributed by atoms with E-state index in [4.69, 9.17) is 28.6 Å². The topological polar surface area (TPSA) is 55.7 Å². The Hall–Kier alpha value is -1.44. The van der Waals surface area contributed by atoms with Crippen molar-refractivity contribution in [2.24, 2.45) is 0 Å². The number of benzene rings is 1. The molecule has 102 valence electrons. The first-order valence-electron chi connectivity index (χ1n) is 5.57. The van der Waals surface area contributed by atoms with Gasteiger partial charge in [0, 0.05) is 9.50 Å². The average Bonchev–Trinajstić information content (AvgIpc) is 2.77. The van der Waals surface area contributed by atoms with Gasteiger partial charge in [-0.1, -0.05) is 11.6 Å². The minimum atomic E-state index is 0.443. The summed E-state index contributed by atoms with van der Waals surface area (Å²) in [5.41, 5.74) is 2.08. The summed E-state index contributed by atoms with van der Waals surface area (Å²) in [7, 11) is 1.55.